The maximum Gasteiger partial charge on any atom is 0.0872 e. The molecule has 1 atom stereocenters. The van der Waals surface area contributed by atoms with Gasteiger partial charge in [-0.2, -0.15) is 0 Å². The Labute approximate surface area is 66.9 Å². The monoisotopic (exact) mass is 155 g/mol. The van der Waals surface area contributed by atoms with E-state index in [1.807, 2.05) is 0 Å². The molecule has 1 nitrogen and oxygen atoms in total. The molecule has 62 valence electrons. The van der Waals surface area contributed by atoms with Gasteiger partial charge < -0.3 is 0 Å². The van der Waals surface area contributed by atoms with Crippen LogP contribution in [0.3, 0.4) is 0 Å². The fourth-order valence-electron chi connectivity index (χ4n) is 2.41. The topological polar surface area (TPSA) is 3.24 Å². The third kappa shape index (κ3) is 1.00. The van der Waals surface area contributed by atoms with Gasteiger partial charge in [-0.1, -0.05) is 0 Å². The van der Waals surface area contributed by atoms with Crippen molar-refractivity contribution in [3.8, 4) is 0 Å². The number of halogens is 1. The van der Waals surface area contributed by atoms with Crippen LogP contribution < -0.4 is 0 Å². The van der Waals surface area contributed by atoms with Crippen molar-refractivity contribution in [3.63, 3.8) is 0 Å². The highest BCUT2D eigenvalue weighted by Gasteiger charge is 2.42. The van der Waals surface area contributed by atoms with Gasteiger partial charge in [0.25, 0.3) is 0 Å². The average molecular weight is 155 g/mol. The van der Waals surface area contributed by atoms with E-state index in [4.69, 9.17) is 0 Å². The van der Waals surface area contributed by atoms with Gasteiger partial charge in [-0.15, -0.1) is 0 Å². The summed E-state index contributed by atoms with van der Waals surface area (Å²) in [4.78, 5) is 2.40. The van der Waals surface area contributed by atoms with Gasteiger partial charge in [0.05, 0.1) is 6.33 Å². The predicted octanol–water partition coefficient (Wildman–Crippen LogP) is 2.10. The van der Waals surface area contributed by atoms with Crippen LogP contribution in [0.4, 0.5) is 4.39 Å². The third-order valence-corrected chi connectivity index (χ3v) is 3.06. The van der Waals surface area contributed by atoms with Crippen LogP contribution in [0.2, 0.25) is 0 Å². The third-order valence-electron chi connectivity index (χ3n) is 3.06. The molecule has 0 aliphatic carbocycles. The van der Waals surface area contributed by atoms with Crippen LogP contribution in [0.15, 0.2) is 11.9 Å². The van der Waals surface area contributed by atoms with Gasteiger partial charge in [0.1, 0.15) is 0 Å². The lowest BCUT2D eigenvalue weighted by Gasteiger charge is -2.25. The van der Waals surface area contributed by atoms with E-state index >= 15 is 0 Å². The van der Waals surface area contributed by atoms with Crippen LogP contribution in [0.1, 0.15) is 26.2 Å². The molecule has 0 aromatic carbocycles. The van der Waals surface area contributed by atoms with Gasteiger partial charge >= 0.3 is 0 Å². The molecule has 0 saturated carbocycles. The molecule has 2 fully saturated rings. The second-order valence-corrected chi connectivity index (χ2v) is 3.97. The molecule has 0 radical (unpaired) electrons. The van der Waals surface area contributed by atoms with Crippen molar-refractivity contribution in [2.45, 2.75) is 31.7 Å². The molecular weight excluding hydrogens is 141 g/mol. The molecule has 2 rings (SSSR count). The van der Waals surface area contributed by atoms with E-state index in [1.54, 1.807) is 0 Å². The zero-order valence-electron chi connectivity index (χ0n) is 6.94. The molecule has 0 spiro atoms. The summed E-state index contributed by atoms with van der Waals surface area (Å²) in [5, 5.41) is 0. The molecule has 11 heavy (non-hydrogen) atoms. The lowest BCUT2D eigenvalue weighted by Crippen LogP contribution is -2.34. The Morgan fingerprint density at radius 3 is 3.09 bits per heavy atom. The number of fused-ring (bicyclic) bond motifs is 1. The molecule has 0 unspecified atom stereocenters. The molecule has 2 aliphatic heterocycles. The summed E-state index contributed by atoms with van der Waals surface area (Å²) in [5.74, 6) is 0. The van der Waals surface area contributed by atoms with Crippen molar-refractivity contribution < 1.29 is 4.39 Å². The van der Waals surface area contributed by atoms with Gasteiger partial charge in [0, 0.05) is 12.1 Å². The number of nitrogens with zero attached hydrogens (tertiary/aromatic N) is 1. The van der Waals surface area contributed by atoms with Crippen LogP contribution in [-0.4, -0.2) is 23.5 Å². The van der Waals surface area contributed by atoms with Crippen LogP contribution in [0.5, 0.6) is 0 Å². The average Bonchev–Trinajstić information content (AvgIpc) is 2.42. The molecule has 0 amide bonds. The highest BCUT2D eigenvalue weighted by molar-refractivity contribution is 5.17. The first-order valence-corrected chi connectivity index (χ1v) is 4.28. The summed E-state index contributed by atoms with van der Waals surface area (Å²) in [6.07, 6.45) is 4.27. The second kappa shape index (κ2) is 2.31. The molecular formula is C9H14FN. The first kappa shape index (κ1) is 7.29. The zero-order valence-corrected chi connectivity index (χ0v) is 6.94. The zero-order chi connectivity index (χ0) is 7.90. The first-order chi connectivity index (χ1) is 5.24. The highest BCUT2D eigenvalue weighted by Crippen LogP contribution is 2.40. The molecule has 2 saturated heterocycles. The summed E-state index contributed by atoms with van der Waals surface area (Å²) < 4.78 is 12.2. The number of rotatable bonds is 0. The molecule has 2 heteroatoms. The number of hydrogen-bond acceptors (Lipinski definition) is 1. The van der Waals surface area contributed by atoms with Crippen molar-refractivity contribution in [3.05, 3.63) is 11.9 Å². The van der Waals surface area contributed by atoms with Crippen molar-refractivity contribution >= 4 is 0 Å². The smallest absolute Gasteiger partial charge is 0.0872 e. The summed E-state index contributed by atoms with van der Waals surface area (Å²) >= 11 is 0. The standard InChI is InChI=1S/C9H14FN/c1-9-3-2-4-11(9)7-8(5-9)6-10/h6H,2-5,7H2,1H3/b8-6+/t9-/m1/s1. The predicted molar refractivity (Wildman–Crippen MR) is 43.0 cm³/mol. The largest absolute Gasteiger partial charge is 0.294 e. The lowest BCUT2D eigenvalue weighted by molar-refractivity contribution is 0.218. The van der Waals surface area contributed by atoms with Crippen molar-refractivity contribution in [1.29, 1.82) is 0 Å². The van der Waals surface area contributed by atoms with Gasteiger partial charge in [-0.05, 0) is 38.3 Å². The van der Waals surface area contributed by atoms with Crippen molar-refractivity contribution in [2.75, 3.05) is 13.1 Å². The lowest BCUT2D eigenvalue weighted by atomic mass is 9.96. The fraction of sp³-hybridized carbons (Fsp3) is 0.778. The van der Waals surface area contributed by atoms with Crippen LogP contribution >= 0.6 is 0 Å². The maximum absolute atomic E-state index is 12.2. The van der Waals surface area contributed by atoms with E-state index in [0.717, 1.165) is 31.4 Å². The van der Waals surface area contributed by atoms with E-state index in [2.05, 4.69) is 11.8 Å². The van der Waals surface area contributed by atoms with Crippen LogP contribution in [0.25, 0.3) is 0 Å². The minimum atomic E-state index is 0.303. The Kier molecular flexibility index (Phi) is 1.53. The fourth-order valence-corrected chi connectivity index (χ4v) is 2.41. The van der Waals surface area contributed by atoms with E-state index in [1.165, 1.54) is 12.8 Å². The quantitative estimate of drug-likeness (QED) is 0.518. The van der Waals surface area contributed by atoms with Gasteiger partial charge in [-0.25, -0.2) is 4.39 Å². The van der Waals surface area contributed by atoms with Gasteiger partial charge in [0.2, 0.25) is 0 Å². The molecule has 0 N–H and O–H groups in total. The van der Waals surface area contributed by atoms with Crippen molar-refractivity contribution in [2.24, 2.45) is 0 Å². The Morgan fingerprint density at radius 1 is 1.64 bits per heavy atom. The van der Waals surface area contributed by atoms with Gasteiger partial charge in [-0.3, -0.25) is 4.90 Å². The van der Waals surface area contributed by atoms with Crippen molar-refractivity contribution in [1.82, 2.24) is 4.90 Å². The molecule has 2 aliphatic rings. The number of hydrogen-bond donors (Lipinski definition) is 0. The first-order valence-electron chi connectivity index (χ1n) is 4.28. The SMILES string of the molecule is C[C@]12CCCN1C/C(=C/F)C2. The van der Waals surface area contributed by atoms with Crippen LogP contribution in [0, 0.1) is 0 Å². The Morgan fingerprint density at radius 2 is 2.45 bits per heavy atom. The second-order valence-electron chi connectivity index (χ2n) is 3.97. The summed E-state index contributed by atoms with van der Waals surface area (Å²) in [6, 6.07) is 0. The van der Waals surface area contributed by atoms with E-state index in [0.29, 0.717) is 5.54 Å². The Hall–Kier alpha value is -0.370. The van der Waals surface area contributed by atoms with E-state index < -0.39 is 0 Å². The Balaban J connectivity index is 2.19. The molecule has 0 aromatic heterocycles. The summed E-state index contributed by atoms with van der Waals surface area (Å²) in [5.41, 5.74) is 1.28. The minimum Gasteiger partial charge on any atom is -0.294 e. The highest BCUT2D eigenvalue weighted by atomic mass is 19.1. The van der Waals surface area contributed by atoms with Gasteiger partial charge in [0.15, 0.2) is 0 Å². The molecule has 0 bridgehead atoms. The molecule has 0 aromatic rings. The maximum atomic E-state index is 12.2. The molecule has 2 heterocycles. The normalized spacial score (nSPS) is 41.8. The Bertz CT molecular complexity index is 200. The van der Waals surface area contributed by atoms with E-state index in [-0.39, 0.29) is 0 Å². The summed E-state index contributed by atoms with van der Waals surface area (Å²) in [7, 11) is 0. The minimum absolute atomic E-state index is 0.303. The van der Waals surface area contributed by atoms with Crippen LogP contribution in [-0.2, 0) is 0 Å². The summed E-state index contributed by atoms with van der Waals surface area (Å²) in [6.45, 7) is 4.28. The van der Waals surface area contributed by atoms with E-state index in [9.17, 15) is 4.39 Å².